The Bertz CT molecular complexity index is 1230. The monoisotopic (exact) mass is 508 g/mol. The van der Waals surface area contributed by atoms with Gasteiger partial charge in [-0.3, -0.25) is 9.58 Å². The molecule has 2 heterocycles. The molecule has 2 aromatic carbocycles. The van der Waals surface area contributed by atoms with Crippen molar-refractivity contribution in [1.82, 2.24) is 14.7 Å². The first-order valence-electron chi connectivity index (χ1n) is 12.2. The molecule has 36 heavy (non-hydrogen) atoms. The van der Waals surface area contributed by atoms with Gasteiger partial charge in [0, 0.05) is 31.3 Å². The van der Waals surface area contributed by atoms with Gasteiger partial charge in [-0.1, -0.05) is 32.9 Å². The number of carbonyl (C=O) groups is 1. The molecule has 0 fully saturated rings. The van der Waals surface area contributed by atoms with Crippen LogP contribution in [0.4, 0.5) is 16.2 Å². The second-order valence-corrected chi connectivity index (χ2v) is 15.5. The third-order valence-corrected chi connectivity index (χ3v) is 11.5. The summed E-state index contributed by atoms with van der Waals surface area (Å²) in [6.07, 6.45) is 1.56. The van der Waals surface area contributed by atoms with Crippen molar-refractivity contribution in [1.29, 1.82) is 0 Å². The predicted octanol–water partition coefficient (Wildman–Crippen LogP) is 6.16. The van der Waals surface area contributed by atoms with E-state index in [0.717, 1.165) is 39.7 Å². The largest absolute Gasteiger partial charge is 0.544 e. The van der Waals surface area contributed by atoms with Crippen LogP contribution in [0.3, 0.4) is 0 Å². The van der Waals surface area contributed by atoms with Crippen LogP contribution in [0.25, 0.3) is 0 Å². The number of rotatable bonds is 8. The van der Waals surface area contributed by atoms with Gasteiger partial charge in [0.2, 0.25) is 8.32 Å². The average molecular weight is 509 g/mol. The van der Waals surface area contributed by atoms with Gasteiger partial charge in [0.05, 0.1) is 30.7 Å². The lowest BCUT2D eigenvalue weighted by molar-refractivity contribution is 0.145. The summed E-state index contributed by atoms with van der Waals surface area (Å²) in [6.45, 7) is 12.4. The molecule has 0 unspecified atom stereocenters. The molecule has 0 saturated carbocycles. The van der Waals surface area contributed by atoms with Crippen molar-refractivity contribution in [3.8, 4) is 11.5 Å². The summed E-state index contributed by atoms with van der Waals surface area (Å²) in [6, 6.07) is 13.8. The molecule has 0 radical (unpaired) electrons. The van der Waals surface area contributed by atoms with E-state index in [4.69, 9.17) is 9.16 Å². The Balaban J connectivity index is 1.38. The zero-order valence-corrected chi connectivity index (χ0v) is 23.0. The van der Waals surface area contributed by atoms with Crippen molar-refractivity contribution in [2.24, 2.45) is 7.05 Å². The van der Waals surface area contributed by atoms with Crippen LogP contribution in [-0.4, -0.2) is 40.8 Å². The number of benzene rings is 2. The minimum atomic E-state index is -1.88. The molecule has 2 N–H and O–H groups in total. The molecule has 0 atom stereocenters. The SMILES string of the molecule is Cn1ncc(Nc2ccc(O[Si](C)(C)C(C)(C)C)cc2)c1CCOc1cccc2c1CN(C(=O)O)C2. The van der Waals surface area contributed by atoms with Gasteiger partial charge in [-0.25, -0.2) is 4.79 Å². The minimum absolute atomic E-state index is 0.145. The van der Waals surface area contributed by atoms with E-state index in [-0.39, 0.29) is 5.04 Å². The van der Waals surface area contributed by atoms with Crippen LogP contribution in [0.5, 0.6) is 11.5 Å². The quantitative estimate of drug-likeness (QED) is 0.354. The van der Waals surface area contributed by atoms with Gasteiger partial charge in [0.25, 0.3) is 0 Å². The first-order chi connectivity index (χ1) is 16.9. The normalized spacial score (nSPS) is 13.4. The molecule has 4 rings (SSSR count). The first kappa shape index (κ1) is 25.6. The molecule has 0 saturated heterocycles. The van der Waals surface area contributed by atoms with Crippen LogP contribution >= 0.6 is 0 Å². The average Bonchev–Trinajstić information content (AvgIpc) is 3.39. The zero-order valence-electron chi connectivity index (χ0n) is 22.0. The van der Waals surface area contributed by atoms with Crippen LogP contribution in [0.15, 0.2) is 48.7 Å². The van der Waals surface area contributed by atoms with Gasteiger partial charge < -0.3 is 19.6 Å². The van der Waals surface area contributed by atoms with Gasteiger partial charge >= 0.3 is 6.09 Å². The highest BCUT2D eigenvalue weighted by Gasteiger charge is 2.38. The molecule has 1 aliphatic rings. The molecule has 1 aliphatic heterocycles. The smallest absolute Gasteiger partial charge is 0.407 e. The second kappa shape index (κ2) is 9.89. The minimum Gasteiger partial charge on any atom is -0.544 e. The molecule has 9 heteroatoms. The number of hydrogen-bond acceptors (Lipinski definition) is 5. The summed E-state index contributed by atoms with van der Waals surface area (Å²) >= 11 is 0. The van der Waals surface area contributed by atoms with E-state index in [1.54, 1.807) is 0 Å². The Morgan fingerprint density at radius 1 is 1.14 bits per heavy atom. The molecule has 0 spiro atoms. The highest BCUT2D eigenvalue weighted by Crippen LogP contribution is 2.37. The van der Waals surface area contributed by atoms with Crippen molar-refractivity contribution in [2.75, 3.05) is 11.9 Å². The van der Waals surface area contributed by atoms with Crippen molar-refractivity contribution < 1.29 is 19.1 Å². The number of aromatic nitrogens is 2. The number of ether oxygens (including phenoxy) is 1. The molecule has 1 aromatic heterocycles. The molecule has 0 bridgehead atoms. The predicted molar refractivity (Wildman–Crippen MR) is 144 cm³/mol. The highest BCUT2D eigenvalue weighted by molar-refractivity contribution is 6.74. The van der Waals surface area contributed by atoms with Crippen LogP contribution in [-0.2, 0) is 26.6 Å². The number of hydrogen-bond donors (Lipinski definition) is 2. The number of nitrogens with one attached hydrogen (secondary N) is 1. The van der Waals surface area contributed by atoms with Gasteiger partial charge in [0.1, 0.15) is 11.5 Å². The standard InChI is InChI=1S/C27H36N4O4Si/c1-27(2,3)36(5,6)35-21-12-10-20(11-13-21)29-23-16-28-30(4)24(23)14-15-34-25-9-7-8-19-17-31(26(32)33)18-22(19)25/h7-13,16,29H,14-15,17-18H2,1-6H3,(H,32,33). The Morgan fingerprint density at radius 2 is 1.86 bits per heavy atom. The Hall–Kier alpha value is -3.46. The molecule has 3 aromatic rings. The summed E-state index contributed by atoms with van der Waals surface area (Å²) in [7, 11) is 0.0369. The third-order valence-electron chi connectivity index (χ3n) is 7.18. The fraction of sp³-hybridized carbons (Fsp3) is 0.407. The lowest BCUT2D eigenvalue weighted by Gasteiger charge is -2.36. The maximum absolute atomic E-state index is 11.4. The van der Waals surface area contributed by atoms with Gasteiger partial charge in [0.15, 0.2) is 0 Å². The van der Waals surface area contributed by atoms with Crippen molar-refractivity contribution in [3.05, 3.63) is 65.5 Å². The fourth-order valence-corrected chi connectivity index (χ4v) is 5.02. The number of fused-ring (bicyclic) bond motifs is 1. The number of nitrogens with zero attached hydrogens (tertiary/aromatic N) is 3. The third kappa shape index (κ3) is 5.51. The van der Waals surface area contributed by atoms with E-state index in [0.29, 0.717) is 26.1 Å². The number of anilines is 2. The fourth-order valence-electron chi connectivity index (χ4n) is 3.99. The van der Waals surface area contributed by atoms with E-state index in [2.05, 4.69) is 44.3 Å². The highest BCUT2D eigenvalue weighted by atomic mass is 28.4. The topological polar surface area (TPSA) is 88.9 Å². The zero-order chi connectivity index (χ0) is 26.1. The lowest BCUT2D eigenvalue weighted by Crippen LogP contribution is -2.43. The Labute approximate surface area is 214 Å². The van der Waals surface area contributed by atoms with Gasteiger partial charge in [-0.2, -0.15) is 5.10 Å². The molecule has 192 valence electrons. The molecule has 1 amide bonds. The summed E-state index contributed by atoms with van der Waals surface area (Å²) in [5, 5.41) is 17.4. The van der Waals surface area contributed by atoms with E-state index in [9.17, 15) is 9.90 Å². The van der Waals surface area contributed by atoms with Gasteiger partial charge in [-0.15, -0.1) is 0 Å². The number of carboxylic acid groups (broad SMARTS) is 1. The maximum atomic E-state index is 11.4. The van der Waals surface area contributed by atoms with E-state index < -0.39 is 14.4 Å². The van der Waals surface area contributed by atoms with Crippen LogP contribution in [0.1, 0.15) is 37.6 Å². The molecular weight excluding hydrogens is 472 g/mol. The Morgan fingerprint density at radius 3 is 2.53 bits per heavy atom. The van der Waals surface area contributed by atoms with Crippen LogP contribution < -0.4 is 14.5 Å². The Kier molecular flexibility index (Phi) is 7.04. The lowest BCUT2D eigenvalue weighted by atomic mass is 10.1. The van der Waals surface area contributed by atoms with Crippen molar-refractivity contribution in [2.45, 2.75) is 58.4 Å². The van der Waals surface area contributed by atoms with E-state index in [1.807, 2.05) is 60.4 Å². The van der Waals surface area contributed by atoms with Crippen LogP contribution in [0.2, 0.25) is 18.1 Å². The summed E-state index contributed by atoms with van der Waals surface area (Å²) in [4.78, 5) is 12.8. The summed E-state index contributed by atoms with van der Waals surface area (Å²) in [5.74, 6) is 1.63. The summed E-state index contributed by atoms with van der Waals surface area (Å²) < 4.78 is 14.3. The number of amides is 1. The first-order valence-corrected chi connectivity index (χ1v) is 15.1. The van der Waals surface area contributed by atoms with Crippen molar-refractivity contribution in [3.63, 3.8) is 0 Å². The second-order valence-electron chi connectivity index (χ2n) is 10.8. The van der Waals surface area contributed by atoms with Gasteiger partial charge in [-0.05, 0) is 54.0 Å². The number of aryl methyl sites for hydroxylation is 1. The van der Waals surface area contributed by atoms with Crippen LogP contribution in [0, 0.1) is 0 Å². The maximum Gasteiger partial charge on any atom is 0.407 e. The molecule has 0 aliphatic carbocycles. The van der Waals surface area contributed by atoms with E-state index >= 15 is 0 Å². The molecule has 8 nitrogen and oxygen atoms in total. The van der Waals surface area contributed by atoms with Crippen molar-refractivity contribution >= 4 is 25.8 Å². The molecular formula is C27H36N4O4Si. The van der Waals surface area contributed by atoms with E-state index in [1.165, 1.54) is 4.90 Å². The summed E-state index contributed by atoms with van der Waals surface area (Å²) in [5.41, 5.74) is 4.86.